The van der Waals surface area contributed by atoms with Crippen molar-refractivity contribution in [3.05, 3.63) is 65.4 Å². The maximum atomic E-state index is 12.6. The van der Waals surface area contributed by atoms with Gasteiger partial charge >= 0.3 is 0 Å². The van der Waals surface area contributed by atoms with Gasteiger partial charge in [-0.3, -0.25) is 10.1 Å². The molecule has 0 aliphatic carbocycles. The molecule has 0 bridgehead atoms. The number of carbonyl (C=O) groups is 1. The van der Waals surface area contributed by atoms with Gasteiger partial charge in [0.15, 0.2) is 5.13 Å². The first-order chi connectivity index (χ1) is 14.0. The summed E-state index contributed by atoms with van der Waals surface area (Å²) in [4.78, 5) is 22.2. The number of nitrogens with one attached hydrogen (secondary N) is 1. The number of carbonyl (C=O) groups excluding carboxylic acids is 1. The van der Waals surface area contributed by atoms with E-state index in [1.54, 1.807) is 18.2 Å². The Morgan fingerprint density at radius 2 is 1.83 bits per heavy atom. The number of rotatable bonds is 5. The fraction of sp³-hybridized carbons (Fsp3) is 0.143. The molecule has 1 N–H and O–H groups in total. The summed E-state index contributed by atoms with van der Waals surface area (Å²) in [5.41, 5.74) is 3.16. The van der Waals surface area contributed by atoms with E-state index in [2.05, 4.69) is 20.4 Å². The monoisotopic (exact) mass is 406 g/mol. The Morgan fingerprint density at radius 1 is 1.07 bits per heavy atom. The molecule has 0 saturated heterocycles. The summed E-state index contributed by atoms with van der Waals surface area (Å²) < 4.78 is 10.7. The van der Waals surface area contributed by atoms with Crippen LogP contribution in [0.4, 0.5) is 5.13 Å². The lowest BCUT2D eigenvalue weighted by Crippen LogP contribution is -2.12. The van der Waals surface area contributed by atoms with Gasteiger partial charge in [0.05, 0.1) is 18.4 Å². The molecule has 2 aromatic carbocycles. The van der Waals surface area contributed by atoms with Gasteiger partial charge in [0.2, 0.25) is 5.82 Å². The van der Waals surface area contributed by atoms with Gasteiger partial charge in [0, 0.05) is 5.56 Å². The quantitative estimate of drug-likeness (QED) is 0.515. The molecule has 8 heteroatoms. The van der Waals surface area contributed by atoms with Gasteiger partial charge in [-0.2, -0.15) is 4.98 Å². The number of benzene rings is 2. The lowest BCUT2D eigenvalue weighted by molar-refractivity contribution is 0.102. The molecular formula is C21H18N4O3S. The van der Waals surface area contributed by atoms with Crippen LogP contribution in [-0.2, 0) is 0 Å². The maximum absolute atomic E-state index is 12.6. The third-order valence-electron chi connectivity index (χ3n) is 4.30. The van der Waals surface area contributed by atoms with Crippen molar-refractivity contribution in [2.45, 2.75) is 13.8 Å². The van der Waals surface area contributed by atoms with Crippen LogP contribution in [0.5, 0.6) is 5.75 Å². The van der Waals surface area contributed by atoms with E-state index < -0.39 is 0 Å². The minimum atomic E-state index is -0.298. The topological polar surface area (TPSA) is 90.1 Å². The predicted octanol–water partition coefficient (Wildman–Crippen LogP) is 4.74. The van der Waals surface area contributed by atoms with Crippen LogP contribution in [0.15, 0.2) is 53.1 Å². The van der Waals surface area contributed by atoms with Gasteiger partial charge in [-0.05, 0) is 26.0 Å². The largest absolute Gasteiger partial charge is 0.496 e. The number of methoxy groups -OCH3 is 1. The van der Waals surface area contributed by atoms with Gasteiger partial charge in [-0.25, -0.2) is 4.98 Å². The highest BCUT2D eigenvalue weighted by Crippen LogP contribution is 2.33. The van der Waals surface area contributed by atoms with E-state index >= 15 is 0 Å². The number of hydrogen-bond acceptors (Lipinski definition) is 7. The predicted molar refractivity (Wildman–Crippen MR) is 111 cm³/mol. The first kappa shape index (κ1) is 18.8. The normalized spacial score (nSPS) is 10.7. The van der Waals surface area contributed by atoms with E-state index in [0.717, 1.165) is 11.1 Å². The van der Waals surface area contributed by atoms with Crippen LogP contribution in [0.2, 0.25) is 0 Å². The molecule has 2 aromatic heterocycles. The van der Waals surface area contributed by atoms with E-state index in [1.165, 1.54) is 18.4 Å². The van der Waals surface area contributed by atoms with Crippen LogP contribution in [0.1, 0.15) is 21.6 Å². The molecule has 0 atom stereocenters. The average Bonchev–Trinajstić information content (AvgIpc) is 3.35. The van der Waals surface area contributed by atoms with Gasteiger partial charge in [0.25, 0.3) is 11.8 Å². The van der Waals surface area contributed by atoms with Crippen LogP contribution in [0.3, 0.4) is 0 Å². The summed E-state index contributed by atoms with van der Waals surface area (Å²) in [6, 6.07) is 14.9. The van der Waals surface area contributed by atoms with Crippen LogP contribution < -0.4 is 10.1 Å². The Hall–Kier alpha value is -3.52. The molecule has 29 heavy (non-hydrogen) atoms. The zero-order chi connectivity index (χ0) is 20.4. The van der Waals surface area contributed by atoms with Gasteiger partial charge in [-0.1, -0.05) is 58.5 Å². The molecule has 1 amide bonds. The summed E-state index contributed by atoms with van der Waals surface area (Å²) in [5.74, 6) is 1.08. The number of aromatic nitrogens is 3. The van der Waals surface area contributed by atoms with E-state index in [9.17, 15) is 4.79 Å². The van der Waals surface area contributed by atoms with Gasteiger partial charge in [-0.15, -0.1) is 0 Å². The first-order valence-corrected chi connectivity index (χ1v) is 9.69. The average molecular weight is 406 g/mol. The summed E-state index contributed by atoms with van der Waals surface area (Å²) in [6.45, 7) is 3.85. The lowest BCUT2D eigenvalue weighted by Gasteiger charge is -2.06. The smallest absolute Gasteiger partial charge is 0.270 e. The SMILES string of the molecule is COc1ccccc1C(=O)Nc1nc(C)c(-c2nc(-c3ccc(C)cc3)no2)s1. The van der Waals surface area contributed by atoms with E-state index in [-0.39, 0.29) is 5.91 Å². The van der Waals surface area contributed by atoms with Crippen molar-refractivity contribution >= 4 is 22.4 Å². The van der Waals surface area contributed by atoms with Crippen molar-refractivity contribution in [1.29, 1.82) is 0 Å². The summed E-state index contributed by atoms with van der Waals surface area (Å²) >= 11 is 1.28. The number of hydrogen-bond donors (Lipinski definition) is 1. The van der Waals surface area contributed by atoms with Gasteiger partial charge in [0.1, 0.15) is 10.6 Å². The highest BCUT2D eigenvalue weighted by Gasteiger charge is 2.19. The second-order valence-corrected chi connectivity index (χ2v) is 7.38. The molecule has 7 nitrogen and oxygen atoms in total. The molecule has 0 aliphatic rings. The Morgan fingerprint density at radius 3 is 2.59 bits per heavy atom. The number of nitrogens with zero attached hydrogens (tertiary/aromatic N) is 3. The molecule has 4 aromatic rings. The molecule has 2 heterocycles. The second kappa shape index (κ2) is 7.84. The summed E-state index contributed by atoms with van der Waals surface area (Å²) in [6.07, 6.45) is 0. The number of aryl methyl sites for hydroxylation is 2. The van der Waals surface area contributed by atoms with Crippen molar-refractivity contribution in [2.75, 3.05) is 12.4 Å². The third-order valence-corrected chi connectivity index (χ3v) is 5.36. The minimum absolute atomic E-state index is 0.298. The molecule has 0 radical (unpaired) electrons. The minimum Gasteiger partial charge on any atom is -0.496 e. The fourth-order valence-corrected chi connectivity index (χ4v) is 3.66. The Bertz CT molecular complexity index is 1160. The van der Waals surface area contributed by atoms with Crippen LogP contribution in [0, 0.1) is 13.8 Å². The summed E-state index contributed by atoms with van der Waals surface area (Å²) in [5, 5.41) is 7.32. The van der Waals surface area contributed by atoms with E-state index in [1.807, 2.05) is 44.2 Å². The van der Waals surface area contributed by atoms with Crippen molar-refractivity contribution in [3.8, 4) is 27.9 Å². The fourth-order valence-electron chi connectivity index (χ4n) is 2.78. The van der Waals surface area contributed by atoms with Crippen molar-refractivity contribution in [2.24, 2.45) is 0 Å². The third kappa shape index (κ3) is 3.88. The molecule has 146 valence electrons. The highest BCUT2D eigenvalue weighted by molar-refractivity contribution is 7.19. The van der Waals surface area contributed by atoms with Crippen LogP contribution >= 0.6 is 11.3 Å². The van der Waals surface area contributed by atoms with Crippen LogP contribution in [0.25, 0.3) is 22.2 Å². The Labute approximate surface area is 171 Å². The standard InChI is InChI=1S/C21H18N4O3S/c1-12-8-10-14(11-9-12)18-23-20(28-25-18)17-13(2)22-21(29-17)24-19(26)15-6-4-5-7-16(15)27-3/h4-11H,1-3H3,(H,22,24,26). The maximum Gasteiger partial charge on any atom is 0.270 e. The van der Waals surface area contributed by atoms with E-state index in [0.29, 0.717) is 38.7 Å². The molecule has 4 rings (SSSR count). The second-order valence-electron chi connectivity index (χ2n) is 6.38. The molecule has 0 fully saturated rings. The number of thiazole rings is 1. The molecule has 0 saturated carbocycles. The van der Waals surface area contributed by atoms with Crippen molar-refractivity contribution in [1.82, 2.24) is 15.1 Å². The van der Waals surface area contributed by atoms with E-state index in [4.69, 9.17) is 9.26 Å². The van der Waals surface area contributed by atoms with Crippen LogP contribution in [-0.4, -0.2) is 28.1 Å². The molecule has 0 aliphatic heterocycles. The number of ether oxygens (including phenoxy) is 1. The number of amides is 1. The van der Waals surface area contributed by atoms with Gasteiger partial charge < -0.3 is 9.26 Å². The Kier molecular flexibility index (Phi) is 5.09. The molecular weight excluding hydrogens is 388 g/mol. The first-order valence-electron chi connectivity index (χ1n) is 8.88. The Balaban J connectivity index is 1.57. The highest BCUT2D eigenvalue weighted by atomic mass is 32.1. The lowest BCUT2D eigenvalue weighted by atomic mass is 10.1. The van der Waals surface area contributed by atoms with Crippen molar-refractivity contribution in [3.63, 3.8) is 0 Å². The summed E-state index contributed by atoms with van der Waals surface area (Å²) in [7, 11) is 1.53. The number of para-hydroxylation sites is 1. The zero-order valence-electron chi connectivity index (χ0n) is 16.1. The molecule has 0 spiro atoms. The number of anilines is 1. The van der Waals surface area contributed by atoms with Crippen molar-refractivity contribution < 1.29 is 14.1 Å². The zero-order valence-corrected chi connectivity index (χ0v) is 16.9. The molecule has 0 unspecified atom stereocenters.